The van der Waals surface area contributed by atoms with Crippen LogP contribution in [0.5, 0.6) is 0 Å². The molecule has 0 radical (unpaired) electrons. The van der Waals surface area contributed by atoms with Crippen molar-refractivity contribution in [1.82, 2.24) is 25.8 Å². The minimum Gasteiger partial charge on any atom is -0.337 e. The molecular formula is C25H29FN6O2. The molecule has 1 saturated heterocycles. The van der Waals surface area contributed by atoms with Crippen LogP contribution in [0.15, 0.2) is 54.6 Å². The van der Waals surface area contributed by atoms with Gasteiger partial charge in [-0.25, -0.2) is 14.0 Å². The number of halogens is 1. The lowest BCUT2D eigenvalue weighted by Gasteiger charge is -2.17. The molecule has 1 aliphatic heterocycles. The highest BCUT2D eigenvalue weighted by molar-refractivity contribution is 6.00. The highest BCUT2D eigenvalue weighted by atomic mass is 19.1. The molecule has 2 heterocycles. The van der Waals surface area contributed by atoms with Gasteiger partial charge in [0.2, 0.25) is 0 Å². The molecule has 2 aromatic carbocycles. The zero-order chi connectivity index (χ0) is 23.9. The van der Waals surface area contributed by atoms with Crippen molar-refractivity contribution in [2.75, 3.05) is 31.5 Å². The molecule has 4 N–H and O–H groups in total. The Morgan fingerprint density at radius 3 is 2.71 bits per heavy atom. The van der Waals surface area contributed by atoms with E-state index < -0.39 is 0 Å². The molecule has 0 spiro atoms. The van der Waals surface area contributed by atoms with Crippen LogP contribution >= 0.6 is 0 Å². The molecule has 1 aromatic heterocycles. The van der Waals surface area contributed by atoms with Crippen LogP contribution in [0.1, 0.15) is 17.7 Å². The first-order chi connectivity index (χ1) is 16.5. The second-order valence-corrected chi connectivity index (χ2v) is 8.45. The van der Waals surface area contributed by atoms with E-state index >= 15 is 0 Å². The second-order valence-electron chi connectivity index (χ2n) is 8.45. The largest absolute Gasteiger partial charge is 0.337 e. The summed E-state index contributed by atoms with van der Waals surface area (Å²) in [5.41, 5.74) is 3.25. The van der Waals surface area contributed by atoms with Gasteiger partial charge >= 0.3 is 12.1 Å². The zero-order valence-electron chi connectivity index (χ0n) is 19.1. The molecule has 1 aliphatic rings. The molecule has 4 amide bonds. The number of benzene rings is 2. The van der Waals surface area contributed by atoms with E-state index in [1.165, 1.54) is 12.1 Å². The fourth-order valence-electron chi connectivity index (χ4n) is 4.08. The van der Waals surface area contributed by atoms with Gasteiger partial charge in [-0.2, -0.15) is 0 Å². The summed E-state index contributed by atoms with van der Waals surface area (Å²) in [6.45, 7) is 5.00. The topological polar surface area (TPSA) is 98.4 Å². The van der Waals surface area contributed by atoms with Crippen LogP contribution in [0.2, 0.25) is 0 Å². The quantitative estimate of drug-likeness (QED) is 0.431. The molecule has 8 nitrogen and oxygen atoms in total. The number of anilines is 1. The predicted molar refractivity (Wildman–Crippen MR) is 130 cm³/mol. The molecule has 3 aromatic rings. The molecule has 1 atom stereocenters. The van der Waals surface area contributed by atoms with Gasteiger partial charge in [-0.15, -0.1) is 0 Å². The summed E-state index contributed by atoms with van der Waals surface area (Å²) < 4.78 is 13.0. The minimum atomic E-state index is -0.299. The predicted octanol–water partition coefficient (Wildman–Crippen LogP) is 3.38. The summed E-state index contributed by atoms with van der Waals surface area (Å²) in [5.74, 6) is -0.299. The van der Waals surface area contributed by atoms with Crippen molar-refractivity contribution in [1.29, 1.82) is 0 Å². The van der Waals surface area contributed by atoms with Crippen LogP contribution in [0.25, 0.3) is 10.9 Å². The van der Waals surface area contributed by atoms with Gasteiger partial charge in [-0.05, 0) is 43.2 Å². The Bertz CT molecular complexity index is 1150. The standard InChI is InChI=1S/C25H29FN6O2/c1-17-14-23(21-4-2-3-5-22(21)29-17)31-24(33)27-11-13-32-12-10-20(16-32)30-25(34)28-15-18-6-8-19(26)9-7-18/h2-9,14,20H,10-13,15-16H2,1H3,(H2,28,30,34)(H2,27,29,31,33). The number of rotatable bonds is 7. The van der Waals surface area contributed by atoms with Crippen molar-refractivity contribution in [2.45, 2.75) is 25.9 Å². The van der Waals surface area contributed by atoms with Gasteiger partial charge in [0.15, 0.2) is 0 Å². The third kappa shape index (κ3) is 6.41. The van der Waals surface area contributed by atoms with E-state index in [2.05, 4.69) is 31.2 Å². The van der Waals surface area contributed by atoms with Crippen LogP contribution in [0, 0.1) is 12.7 Å². The Balaban J connectivity index is 1.16. The Morgan fingerprint density at radius 2 is 1.88 bits per heavy atom. The maximum absolute atomic E-state index is 13.0. The molecule has 0 bridgehead atoms. The number of aromatic nitrogens is 1. The van der Waals surface area contributed by atoms with Crippen LogP contribution in [0.4, 0.5) is 19.7 Å². The maximum Gasteiger partial charge on any atom is 0.319 e. The summed E-state index contributed by atoms with van der Waals surface area (Å²) in [6.07, 6.45) is 0.846. The lowest BCUT2D eigenvalue weighted by molar-refractivity contribution is 0.236. The van der Waals surface area contributed by atoms with E-state index in [1.807, 2.05) is 37.3 Å². The first-order valence-corrected chi connectivity index (χ1v) is 11.4. The van der Waals surface area contributed by atoms with E-state index in [9.17, 15) is 14.0 Å². The molecule has 9 heteroatoms. The van der Waals surface area contributed by atoms with E-state index in [-0.39, 0.29) is 23.9 Å². The molecular weight excluding hydrogens is 435 g/mol. The summed E-state index contributed by atoms with van der Waals surface area (Å²) in [6, 6.07) is 15.2. The van der Waals surface area contributed by atoms with Crippen molar-refractivity contribution in [2.24, 2.45) is 0 Å². The number of nitrogens with one attached hydrogen (secondary N) is 4. The number of amides is 4. The van der Waals surface area contributed by atoms with Crippen molar-refractivity contribution in [3.05, 3.63) is 71.7 Å². The summed E-state index contributed by atoms with van der Waals surface area (Å²) in [5, 5.41) is 12.5. The van der Waals surface area contributed by atoms with Crippen molar-refractivity contribution < 1.29 is 14.0 Å². The molecule has 1 fully saturated rings. The number of para-hydroxylation sites is 1. The average molecular weight is 465 g/mol. The van der Waals surface area contributed by atoms with Crippen molar-refractivity contribution >= 4 is 28.7 Å². The van der Waals surface area contributed by atoms with Gasteiger partial charge in [-0.3, -0.25) is 9.88 Å². The van der Waals surface area contributed by atoms with E-state index in [1.54, 1.807) is 12.1 Å². The van der Waals surface area contributed by atoms with Crippen LogP contribution < -0.4 is 21.3 Å². The monoisotopic (exact) mass is 464 g/mol. The Labute approximate surface area is 197 Å². The van der Waals surface area contributed by atoms with Gasteiger partial charge in [0, 0.05) is 49.8 Å². The number of carbonyl (C=O) groups excluding carboxylic acids is 2. The Hall–Kier alpha value is -3.72. The van der Waals surface area contributed by atoms with Crippen LogP contribution in [0.3, 0.4) is 0 Å². The molecule has 0 aliphatic carbocycles. The number of hydrogen-bond donors (Lipinski definition) is 4. The zero-order valence-corrected chi connectivity index (χ0v) is 19.1. The molecule has 0 saturated carbocycles. The Kier molecular flexibility index (Phi) is 7.54. The molecule has 1 unspecified atom stereocenters. The van der Waals surface area contributed by atoms with Gasteiger partial charge in [0.25, 0.3) is 0 Å². The summed E-state index contributed by atoms with van der Waals surface area (Å²) >= 11 is 0. The van der Waals surface area contributed by atoms with E-state index in [4.69, 9.17) is 0 Å². The maximum atomic E-state index is 13.0. The van der Waals surface area contributed by atoms with Gasteiger partial charge < -0.3 is 21.3 Å². The number of carbonyl (C=O) groups is 2. The third-order valence-corrected chi connectivity index (χ3v) is 5.78. The number of aryl methyl sites for hydroxylation is 1. The highest BCUT2D eigenvalue weighted by Gasteiger charge is 2.23. The number of hydrogen-bond acceptors (Lipinski definition) is 4. The van der Waals surface area contributed by atoms with E-state index in [0.717, 1.165) is 47.4 Å². The summed E-state index contributed by atoms with van der Waals surface area (Å²) in [4.78, 5) is 31.3. The normalized spacial score (nSPS) is 15.8. The van der Waals surface area contributed by atoms with Gasteiger partial charge in [0.1, 0.15) is 5.82 Å². The lowest BCUT2D eigenvalue weighted by atomic mass is 10.1. The van der Waals surface area contributed by atoms with Gasteiger partial charge in [0.05, 0.1) is 11.2 Å². The molecule has 34 heavy (non-hydrogen) atoms. The second kappa shape index (κ2) is 10.9. The Morgan fingerprint density at radius 1 is 1.09 bits per heavy atom. The minimum absolute atomic E-state index is 0.0493. The van der Waals surface area contributed by atoms with E-state index in [0.29, 0.717) is 19.6 Å². The SMILES string of the molecule is Cc1cc(NC(=O)NCCN2CCC(NC(=O)NCc3ccc(F)cc3)C2)c2ccccc2n1. The van der Waals surface area contributed by atoms with Crippen molar-refractivity contribution in [3.63, 3.8) is 0 Å². The van der Waals surface area contributed by atoms with Crippen LogP contribution in [-0.2, 0) is 6.54 Å². The number of nitrogens with zero attached hydrogens (tertiary/aromatic N) is 2. The average Bonchev–Trinajstić information content (AvgIpc) is 3.25. The first-order valence-electron chi connectivity index (χ1n) is 11.4. The fraction of sp³-hybridized carbons (Fsp3) is 0.320. The van der Waals surface area contributed by atoms with Crippen molar-refractivity contribution in [3.8, 4) is 0 Å². The van der Waals surface area contributed by atoms with Crippen LogP contribution in [-0.4, -0.2) is 54.2 Å². The number of pyridine rings is 1. The number of urea groups is 2. The third-order valence-electron chi connectivity index (χ3n) is 5.78. The fourth-order valence-corrected chi connectivity index (χ4v) is 4.08. The smallest absolute Gasteiger partial charge is 0.319 e. The van der Waals surface area contributed by atoms with Gasteiger partial charge in [-0.1, -0.05) is 30.3 Å². The lowest BCUT2D eigenvalue weighted by Crippen LogP contribution is -2.43. The summed E-state index contributed by atoms with van der Waals surface area (Å²) in [7, 11) is 0. The number of likely N-dealkylation sites (tertiary alicyclic amines) is 1. The number of fused-ring (bicyclic) bond motifs is 1. The molecule has 4 rings (SSSR count). The molecule has 178 valence electrons. The first kappa shape index (κ1) is 23.4. The highest BCUT2D eigenvalue weighted by Crippen LogP contribution is 2.22.